The van der Waals surface area contributed by atoms with Crippen molar-refractivity contribution in [2.45, 2.75) is 78.0 Å². The number of sulfone groups is 1. The van der Waals surface area contributed by atoms with Crippen LogP contribution in [0.2, 0.25) is 0 Å². The number of aliphatic hydroxyl groups excluding tert-OH is 1. The molecule has 1 aromatic heterocycles. The van der Waals surface area contributed by atoms with Gasteiger partial charge in [-0.25, -0.2) is 18.2 Å². The molecule has 12 nitrogen and oxygen atoms in total. The number of allylic oxidation sites excluding steroid dienone is 2. The molecule has 0 radical (unpaired) electrons. The van der Waals surface area contributed by atoms with Crippen molar-refractivity contribution < 1.29 is 41.9 Å². The van der Waals surface area contributed by atoms with Gasteiger partial charge < -0.3 is 24.5 Å². The molecule has 0 spiro atoms. The minimum atomic E-state index is -3.77. The third-order valence-corrected chi connectivity index (χ3v) is 9.57. The van der Waals surface area contributed by atoms with Crippen molar-refractivity contribution in [3.63, 3.8) is 0 Å². The Kier molecular flexibility index (Phi) is 11.8. The van der Waals surface area contributed by atoms with Crippen LogP contribution in [0.25, 0.3) is 0 Å². The Morgan fingerprint density at radius 3 is 2.61 bits per heavy atom. The van der Waals surface area contributed by atoms with Gasteiger partial charge in [-0.2, -0.15) is 0 Å². The number of aliphatic hydroxyl groups is 1. The van der Waals surface area contributed by atoms with Gasteiger partial charge in [-0.05, 0) is 31.8 Å². The minimum absolute atomic E-state index is 0.0469. The number of ether oxygens (including phenoxy) is 1. The molecule has 2 aliphatic rings. The third kappa shape index (κ3) is 8.98. The van der Waals surface area contributed by atoms with Gasteiger partial charge in [0.1, 0.15) is 18.2 Å². The molecule has 0 aliphatic carbocycles. The molecule has 4 atom stereocenters. The topological polar surface area (TPSA) is 173 Å². The lowest BCUT2D eigenvalue weighted by Gasteiger charge is -2.38. The summed E-state index contributed by atoms with van der Waals surface area (Å²) in [6.45, 7) is 8.99. The number of amides is 2. The first kappa shape index (κ1) is 34.9. The van der Waals surface area contributed by atoms with Crippen molar-refractivity contribution >= 4 is 33.4 Å². The number of cyclic esters (lactones) is 1. The van der Waals surface area contributed by atoms with E-state index in [-0.39, 0.29) is 67.3 Å². The summed E-state index contributed by atoms with van der Waals surface area (Å²) in [4.78, 5) is 58.2. The van der Waals surface area contributed by atoms with Crippen LogP contribution in [0.3, 0.4) is 0 Å². The van der Waals surface area contributed by atoms with Gasteiger partial charge in [0.15, 0.2) is 21.1 Å². The van der Waals surface area contributed by atoms with Crippen molar-refractivity contribution in [3.05, 3.63) is 53.8 Å². The van der Waals surface area contributed by atoms with Crippen LogP contribution in [0.1, 0.15) is 70.3 Å². The minimum Gasteiger partial charge on any atom is -0.460 e. The number of ketones is 1. The van der Waals surface area contributed by atoms with Crippen LogP contribution in [0.4, 0.5) is 0 Å². The zero-order chi connectivity index (χ0) is 32.7. The van der Waals surface area contributed by atoms with E-state index in [0.717, 1.165) is 6.26 Å². The van der Waals surface area contributed by atoms with E-state index in [4.69, 9.17) is 9.15 Å². The summed E-state index contributed by atoms with van der Waals surface area (Å²) < 4.78 is 37.3. The molecular weight excluding hydrogens is 590 g/mol. The highest BCUT2D eigenvalue weighted by atomic mass is 32.2. The first-order chi connectivity index (χ1) is 20.7. The molecule has 2 bridgehead atoms. The number of nitrogens with one attached hydrogen (secondary N) is 1. The maximum absolute atomic E-state index is 14.0. The fourth-order valence-electron chi connectivity index (χ4n) is 5.48. The highest BCUT2D eigenvalue weighted by molar-refractivity contribution is 7.91. The highest BCUT2D eigenvalue weighted by Gasteiger charge is 2.54. The first-order valence-corrected chi connectivity index (χ1v) is 16.7. The summed E-state index contributed by atoms with van der Waals surface area (Å²) in [6.07, 6.45) is 7.08. The maximum atomic E-state index is 14.0. The monoisotopic (exact) mass is 633 g/mol. The standard InChI is InChI=1S/C31H43N3O9S/c1-6-44(40,41)19-31-12-8-14-34(31)29(38)25-18-42-27(33-25)17-24(36)16-23(35)15-21(4)9-7-13-32-26(37)11-10-22(5)28(20(2)3)43-30(31)39/h7,9-11,15,18,20,22-23,28,35H,6,8,12-14,16-17,19H2,1-5H3,(H,32,37)/b9-7+,11-10+,21-15+/t22-,23?,28?,31?/m1/s1. The Labute approximate surface area is 258 Å². The molecule has 13 heteroatoms. The average molecular weight is 634 g/mol. The predicted molar refractivity (Wildman–Crippen MR) is 162 cm³/mol. The smallest absolute Gasteiger partial charge is 0.333 e. The summed E-state index contributed by atoms with van der Waals surface area (Å²) in [5.41, 5.74) is -1.29. The molecule has 0 saturated carbocycles. The molecule has 242 valence electrons. The molecule has 1 aromatic rings. The second-order valence-corrected chi connectivity index (χ2v) is 14.1. The lowest BCUT2D eigenvalue weighted by Crippen LogP contribution is -2.59. The van der Waals surface area contributed by atoms with Gasteiger partial charge in [-0.3, -0.25) is 14.4 Å². The van der Waals surface area contributed by atoms with E-state index >= 15 is 0 Å². The molecule has 1 fully saturated rings. The number of Topliss-reactive ketones (excluding diaryl/α,β-unsaturated/α-hetero) is 1. The molecule has 0 aromatic carbocycles. The molecular formula is C31H43N3O9S. The Morgan fingerprint density at radius 1 is 1.20 bits per heavy atom. The van der Waals surface area contributed by atoms with Crippen molar-refractivity contribution in [2.24, 2.45) is 11.8 Å². The number of hydrogen-bond donors (Lipinski definition) is 2. The van der Waals surface area contributed by atoms with Crippen molar-refractivity contribution in [1.82, 2.24) is 15.2 Å². The molecule has 3 unspecified atom stereocenters. The molecule has 2 aliphatic heterocycles. The van der Waals surface area contributed by atoms with Crippen LogP contribution in [0.5, 0.6) is 0 Å². The number of hydrogen-bond acceptors (Lipinski definition) is 10. The van der Waals surface area contributed by atoms with Crippen LogP contribution in [-0.4, -0.2) is 89.3 Å². The second kappa shape index (κ2) is 14.9. The van der Waals surface area contributed by atoms with Gasteiger partial charge in [-0.1, -0.05) is 57.6 Å². The number of nitrogens with zero attached hydrogens (tertiary/aromatic N) is 2. The number of carbonyl (C=O) groups is 4. The molecule has 44 heavy (non-hydrogen) atoms. The summed E-state index contributed by atoms with van der Waals surface area (Å²) in [5.74, 6) is -3.85. The van der Waals surface area contributed by atoms with Crippen LogP contribution < -0.4 is 5.32 Å². The molecule has 2 N–H and O–H groups in total. The number of aromatic nitrogens is 1. The first-order valence-electron chi connectivity index (χ1n) is 14.9. The molecule has 3 rings (SSSR count). The van der Waals surface area contributed by atoms with E-state index in [1.165, 1.54) is 24.0 Å². The fraction of sp³-hybridized carbons (Fsp3) is 0.581. The number of carbonyl (C=O) groups excluding carboxylic acids is 4. The third-order valence-electron chi connectivity index (χ3n) is 7.77. The maximum Gasteiger partial charge on any atom is 0.333 e. The zero-order valence-electron chi connectivity index (χ0n) is 25.9. The summed E-state index contributed by atoms with van der Waals surface area (Å²) in [6, 6.07) is 0. The zero-order valence-corrected chi connectivity index (χ0v) is 26.8. The van der Waals surface area contributed by atoms with E-state index in [9.17, 15) is 32.7 Å². The van der Waals surface area contributed by atoms with Gasteiger partial charge in [0.2, 0.25) is 11.8 Å². The van der Waals surface area contributed by atoms with E-state index in [1.54, 1.807) is 32.1 Å². The number of oxazole rings is 1. The fourth-order valence-corrected chi connectivity index (χ4v) is 6.83. The van der Waals surface area contributed by atoms with E-state index in [0.29, 0.717) is 12.0 Å². The van der Waals surface area contributed by atoms with Crippen LogP contribution in [0.15, 0.2) is 46.6 Å². The number of rotatable bonds is 4. The summed E-state index contributed by atoms with van der Waals surface area (Å²) >= 11 is 0. The Bertz CT molecular complexity index is 1430. The molecule has 2 amide bonds. The van der Waals surface area contributed by atoms with Crippen molar-refractivity contribution in [3.8, 4) is 0 Å². The number of esters is 1. The van der Waals surface area contributed by atoms with Gasteiger partial charge in [0, 0.05) is 31.2 Å². The normalized spacial score (nSPS) is 29.4. The molecule has 3 heterocycles. The van der Waals surface area contributed by atoms with E-state index in [2.05, 4.69) is 10.3 Å². The Hall–Kier alpha value is -3.58. The summed E-state index contributed by atoms with van der Waals surface area (Å²) in [7, 11) is -3.77. The second-order valence-electron chi connectivity index (χ2n) is 11.8. The highest BCUT2D eigenvalue weighted by Crippen LogP contribution is 2.35. The lowest BCUT2D eigenvalue weighted by molar-refractivity contribution is -0.164. The van der Waals surface area contributed by atoms with E-state index < -0.39 is 51.1 Å². The van der Waals surface area contributed by atoms with Gasteiger partial charge in [0.25, 0.3) is 5.91 Å². The van der Waals surface area contributed by atoms with E-state index in [1.807, 2.05) is 13.8 Å². The number of fused-ring (bicyclic) bond motifs is 3. The van der Waals surface area contributed by atoms with Crippen molar-refractivity contribution in [1.29, 1.82) is 0 Å². The summed E-state index contributed by atoms with van der Waals surface area (Å²) in [5, 5.41) is 13.1. The molecule has 1 saturated heterocycles. The Morgan fingerprint density at radius 2 is 1.93 bits per heavy atom. The SMILES string of the molecule is CCS(=O)(=O)CC12CCCN1C(=O)c1coc(n1)CC(=O)CC(O)/C=C(C)/C=C/CNC(=O)/C=C/[C@@H](C)C(C(C)C)OC2=O. The largest absolute Gasteiger partial charge is 0.460 e. The van der Waals surface area contributed by atoms with Crippen LogP contribution in [-0.2, 0) is 35.4 Å². The predicted octanol–water partition coefficient (Wildman–Crippen LogP) is 2.34. The van der Waals surface area contributed by atoms with Gasteiger partial charge in [0.05, 0.1) is 18.3 Å². The van der Waals surface area contributed by atoms with Gasteiger partial charge >= 0.3 is 5.97 Å². The van der Waals surface area contributed by atoms with Crippen LogP contribution >= 0.6 is 0 Å². The average Bonchev–Trinajstić information content (AvgIpc) is 3.59. The Balaban J connectivity index is 2.04. The van der Waals surface area contributed by atoms with Crippen LogP contribution in [0, 0.1) is 11.8 Å². The lowest BCUT2D eigenvalue weighted by atomic mass is 9.92. The van der Waals surface area contributed by atoms with Gasteiger partial charge in [-0.15, -0.1) is 0 Å². The van der Waals surface area contributed by atoms with Crippen molar-refractivity contribution in [2.75, 3.05) is 24.6 Å². The quantitative estimate of drug-likeness (QED) is 0.469.